The van der Waals surface area contributed by atoms with Gasteiger partial charge in [0.05, 0.1) is 6.26 Å². The molecule has 0 radical (unpaired) electrons. The standard InChI is InChI=1S/C10H12N2O9/c13-10(20-8-4-5-18-6-8)3-1-2-9(21-12(16)17)7-19-11(14)15/h4-6,9H,1-3,7H2. The van der Waals surface area contributed by atoms with Crippen LogP contribution >= 0.6 is 0 Å². The van der Waals surface area contributed by atoms with Gasteiger partial charge in [-0.3, -0.25) is 4.79 Å². The van der Waals surface area contributed by atoms with E-state index < -0.39 is 28.9 Å². The molecule has 0 saturated carbocycles. The highest BCUT2D eigenvalue weighted by Gasteiger charge is 2.16. The van der Waals surface area contributed by atoms with Crippen molar-refractivity contribution in [1.82, 2.24) is 0 Å². The van der Waals surface area contributed by atoms with E-state index in [0.717, 1.165) is 0 Å². The first-order valence-corrected chi connectivity index (χ1v) is 5.78. The van der Waals surface area contributed by atoms with Gasteiger partial charge in [0.2, 0.25) is 0 Å². The molecule has 0 bridgehead atoms. The average Bonchev–Trinajstić information content (AvgIpc) is 2.87. The molecule has 1 aromatic heterocycles. The van der Waals surface area contributed by atoms with E-state index in [2.05, 4.69) is 9.68 Å². The van der Waals surface area contributed by atoms with Gasteiger partial charge in [-0.25, -0.2) is 0 Å². The van der Waals surface area contributed by atoms with Crippen LogP contribution in [0.4, 0.5) is 0 Å². The fraction of sp³-hybridized carbons (Fsp3) is 0.500. The average molecular weight is 304 g/mol. The summed E-state index contributed by atoms with van der Waals surface area (Å²) in [6.07, 6.45) is 1.60. The van der Waals surface area contributed by atoms with Gasteiger partial charge in [0, 0.05) is 12.5 Å². The highest BCUT2D eigenvalue weighted by molar-refractivity contribution is 5.72. The highest BCUT2D eigenvalue weighted by atomic mass is 17.0. The molecule has 0 N–H and O–H groups in total. The van der Waals surface area contributed by atoms with Crippen molar-refractivity contribution in [3.05, 3.63) is 38.8 Å². The van der Waals surface area contributed by atoms with Crippen molar-refractivity contribution < 1.29 is 33.8 Å². The first-order chi connectivity index (χ1) is 9.97. The van der Waals surface area contributed by atoms with Gasteiger partial charge >= 0.3 is 5.97 Å². The lowest BCUT2D eigenvalue weighted by molar-refractivity contribution is -0.790. The summed E-state index contributed by atoms with van der Waals surface area (Å²) in [5.74, 6) is -0.318. The molecule has 0 aliphatic carbocycles. The van der Waals surface area contributed by atoms with E-state index in [9.17, 15) is 25.0 Å². The van der Waals surface area contributed by atoms with Gasteiger partial charge in [0.15, 0.2) is 5.75 Å². The molecule has 21 heavy (non-hydrogen) atoms. The van der Waals surface area contributed by atoms with E-state index in [0.29, 0.717) is 0 Å². The van der Waals surface area contributed by atoms with E-state index >= 15 is 0 Å². The molecule has 0 aliphatic rings. The Balaban J connectivity index is 2.29. The van der Waals surface area contributed by atoms with E-state index in [1.54, 1.807) is 0 Å². The monoisotopic (exact) mass is 304 g/mol. The predicted octanol–water partition coefficient (Wildman–Crippen LogP) is 1.14. The zero-order valence-corrected chi connectivity index (χ0v) is 10.7. The third kappa shape index (κ3) is 7.34. The molecule has 1 unspecified atom stereocenters. The second-order valence-electron chi connectivity index (χ2n) is 3.80. The number of ether oxygens (including phenoxy) is 1. The Bertz CT molecular complexity index is 473. The zero-order chi connectivity index (χ0) is 15.7. The molecular weight excluding hydrogens is 292 g/mol. The summed E-state index contributed by atoms with van der Waals surface area (Å²) < 4.78 is 9.57. The van der Waals surface area contributed by atoms with Crippen molar-refractivity contribution in [2.75, 3.05) is 6.61 Å². The van der Waals surface area contributed by atoms with Crippen LogP contribution in [-0.2, 0) is 14.5 Å². The number of carbonyl (C=O) groups is 1. The molecule has 1 aromatic rings. The summed E-state index contributed by atoms with van der Waals surface area (Å²) in [7, 11) is 0. The van der Waals surface area contributed by atoms with Gasteiger partial charge in [0.25, 0.3) is 10.2 Å². The number of hydrogen-bond donors (Lipinski definition) is 0. The van der Waals surface area contributed by atoms with Crippen molar-refractivity contribution in [3.63, 3.8) is 0 Å². The van der Waals surface area contributed by atoms with Gasteiger partial charge in [-0.1, -0.05) is 0 Å². The summed E-state index contributed by atoms with van der Waals surface area (Å²) in [6, 6.07) is 1.45. The van der Waals surface area contributed by atoms with Crippen LogP contribution in [0.1, 0.15) is 19.3 Å². The second kappa shape index (κ2) is 8.35. The molecule has 0 aromatic carbocycles. The molecule has 116 valence electrons. The summed E-state index contributed by atoms with van der Waals surface area (Å²) in [4.78, 5) is 39.9. The predicted molar refractivity (Wildman–Crippen MR) is 63.0 cm³/mol. The fourth-order valence-corrected chi connectivity index (χ4v) is 1.40. The molecule has 1 atom stereocenters. The first-order valence-electron chi connectivity index (χ1n) is 5.78. The number of hydrogen-bond acceptors (Lipinski definition) is 9. The first kappa shape index (κ1) is 16.2. The molecule has 11 nitrogen and oxygen atoms in total. The summed E-state index contributed by atoms with van der Waals surface area (Å²) in [5.41, 5.74) is 0. The van der Waals surface area contributed by atoms with Crippen molar-refractivity contribution >= 4 is 5.97 Å². The van der Waals surface area contributed by atoms with Gasteiger partial charge in [-0.2, -0.15) is 0 Å². The normalized spacial score (nSPS) is 11.4. The van der Waals surface area contributed by atoms with Crippen LogP contribution < -0.4 is 4.74 Å². The van der Waals surface area contributed by atoms with Crippen LogP contribution in [0.25, 0.3) is 0 Å². The van der Waals surface area contributed by atoms with Gasteiger partial charge in [0.1, 0.15) is 19.0 Å². The Hall–Kier alpha value is -2.85. The third-order valence-corrected chi connectivity index (χ3v) is 2.23. The Kier molecular flexibility index (Phi) is 6.44. The molecule has 0 fully saturated rings. The summed E-state index contributed by atoms with van der Waals surface area (Å²) in [5, 5.41) is 18.1. The lowest BCUT2D eigenvalue weighted by Crippen LogP contribution is -2.25. The molecule has 0 saturated heterocycles. The molecule has 1 heterocycles. The van der Waals surface area contributed by atoms with Crippen molar-refractivity contribution in [2.24, 2.45) is 0 Å². The van der Waals surface area contributed by atoms with Crippen LogP contribution in [0.2, 0.25) is 0 Å². The van der Waals surface area contributed by atoms with Crippen LogP contribution in [0.3, 0.4) is 0 Å². The number of furan rings is 1. The van der Waals surface area contributed by atoms with Gasteiger partial charge < -0.3 is 18.8 Å². The van der Waals surface area contributed by atoms with Crippen molar-refractivity contribution in [2.45, 2.75) is 25.4 Å². The number of nitrogens with zero attached hydrogens (tertiary/aromatic N) is 2. The van der Waals surface area contributed by atoms with Crippen LogP contribution in [0, 0.1) is 20.2 Å². The Morgan fingerprint density at radius 1 is 1.33 bits per heavy atom. The third-order valence-electron chi connectivity index (χ3n) is 2.23. The lowest BCUT2D eigenvalue weighted by atomic mass is 10.1. The summed E-state index contributed by atoms with van der Waals surface area (Å²) >= 11 is 0. The molecule has 0 aliphatic heterocycles. The maximum atomic E-state index is 11.4. The minimum Gasteiger partial charge on any atom is -0.469 e. The zero-order valence-electron chi connectivity index (χ0n) is 10.7. The van der Waals surface area contributed by atoms with Gasteiger partial charge in [-0.05, 0) is 12.8 Å². The van der Waals surface area contributed by atoms with E-state index in [1.165, 1.54) is 18.6 Å². The Labute approximate surface area is 117 Å². The van der Waals surface area contributed by atoms with E-state index in [1.807, 2.05) is 0 Å². The molecule has 11 heteroatoms. The van der Waals surface area contributed by atoms with Crippen LogP contribution in [-0.4, -0.2) is 28.9 Å². The minimum atomic E-state index is -1.13. The SMILES string of the molecule is O=C(CCCC(CO[N+](=O)[O-])O[N+](=O)[O-])Oc1ccoc1. The van der Waals surface area contributed by atoms with Crippen LogP contribution in [0.15, 0.2) is 23.0 Å². The number of esters is 1. The smallest absolute Gasteiger partial charge is 0.311 e. The maximum absolute atomic E-state index is 11.4. The number of rotatable bonds is 10. The van der Waals surface area contributed by atoms with Crippen molar-refractivity contribution in [1.29, 1.82) is 0 Å². The Morgan fingerprint density at radius 2 is 2.10 bits per heavy atom. The fourth-order valence-electron chi connectivity index (χ4n) is 1.40. The maximum Gasteiger partial charge on any atom is 0.311 e. The van der Waals surface area contributed by atoms with Crippen LogP contribution in [0.5, 0.6) is 5.75 Å². The van der Waals surface area contributed by atoms with E-state index in [4.69, 9.17) is 9.15 Å². The largest absolute Gasteiger partial charge is 0.469 e. The quantitative estimate of drug-likeness (QED) is 0.353. The molecule has 0 spiro atoms. The molecular formula is C10H12N2O9. The highest BCUT2D eigenvalue weighted by Crippen LogP contribution is 2.12. The number of carbonyl (C=O) groups excluding carboxylic acids is 1. The molecule has 0 amide bonds. The van der Waals surface area contributed by atoms with E-state index in [-0.39, 0.29) is 25.0 Å². The minimum absolute atomic E-state index is 0.0231. The lowest BCUT2D eigenvalue weighted by Gasteiger charge is -2.12. The van der Waals surface area contributed by atoms with Gasteiger partial charge in [-0.15, -0.1) is 20.2 Å². The molecule has 1 rings (SSSR count). The Morgan fingerprint density at radius 3 is 2.67 bits per heavy atom. The summed E-state index contributed by atoms with van der Waals surface area (Å²) in [6.45, 7) is -0.593. The topological polar surface area (TPSA) is 144 Å². The van der Waals surface area contributed by atoms with Crippen molar-refractivity contribution in [3.8, 4) is 5.75 Å². The second-order valence-corrected chi connectivity index (χ2v) is 3.80.